The molecule has 0 bridgehead atoms. The molecule has 0 aliphatic carbocycles. The molecular weight excluding hydrogens is 488 g/mol. The average molecular weight is 525 g/mol. The lowest BCUT2D eigenvalue weighted by Gasteiger charge is -2.47. The van der Waals surface area contributed by atoms with Gasteiger partial charge in [0.05, 0.1) is 10.6 Å². The second kappa shape index (κ2) is 11.9. The number of benzene rings is 1. The number of halogens is 3. The minimum atomic E-state index is -0.229. The maximum absolute atomic E-state index is 14.2. The van der Waals surface area contributed by atoms with E-state index in [-0.39, 0.29) is 13.2 Å². The normalized spacial score (nSPS) is 20.3. The van der Waals surface area contributed by atoms with Gasteiger partial charge in [0.2, 0.25) is 0 Å². The number of hydrogen-bond donors (Lipinski definition) is 1. The summed E-state index contributed by atoms with van der Waals surface area (Å²) in [5.74, 6) is 0.362. The minimum Gasteiger partial charge on any atom is -0.353 e. The predicted molar refractivity (Wildman–Crippen MR) is 142 cm³/mol. The van der Waals surface area contributed by atoms with E-state index in [0.717, 1.165) is 57.8 Å². The highest BCUT2D eigenvalue weighted by molar-refractivity contribution is 6.33. The van der Waals surface area contributed by atoms with Crippen molar-refractivity contribution in [3.63, 3.8) is 0 Å². The first-order valence-corrected chi connectivity index (χ1v) is 13.3. The summed E-state index contributed by atoms with van der Waals surface area (Å²) >= 11 is 12.4. The topological polar surface area (TPSA) is 51.7 Å². The van der Waals surface area contributed by atoms with Gasteiger partial charge in [0.25, 0.3) is 5.91 Å². The summed E-state index contributed by atoms with van der Waals surface area (Å²) in [5, 5.41) is 3.73. The summed E-state index contributed by atoms with van der Waals surface area (Å²) in [7, 11) is 0. The van der Waals surface area contributed by atoms with Crippen LogP contribution in [0.15, 0.2) is 30.5 Å². The van der Waals surface area contributed by atoms with Crippen LogP contribution in [0.4, 0.5) is 10.2 Å². The van der Waals surface area contributed by atoms with E-state index in [4.69, 9.17) is 23.2 Å². The number of anilines is 1. The van der Waals surface area contributed by atoms with Crippen LogP contribution in [0.5, 0.6) is 0 Å². The van der Waals surface area contributed by atoms with E-state index in [1.165, 1.54) is 6.07 Å². The number of piperazine rings is 1. The van der Waals surface area contributed by atoms with Crippen LogP contribution in [0.2, 0.25) is 10.0 Å². The fourth-order valence-electron chi connectivity index (χ4n) is 5.26. The quantitative estimate of drug-likeness (QED) is 0.547. The number of carbonyl (C=O) groups excluding carboxylic acids is 1. The molecule has 1 amide bonds. The van der Waals surface area contributed by atoms with Crippen molar-refractivity contribution in [3.8, 4) is 0 Å². The van der Waals surface area contributed by atoms with Gasteiger partial charge in [-0.25, -0.2) is 9.37 Å². The molecule has 2 aliphatic rings. The Kier molecular flexibility index (Phi) is 8.87. The molecule has 2 aromatic rings. The lowest BCUT2D eigenvalue weighted by molar-refractivity contribution is 0.0607. The van der Waals surface area contributed by atoms with E-state index < -0.39 is 0 Å². The molecule has 0 radical (unpaired) electrons. The summed E-state index contributed by atoms with van der Waals surface area (Å²) < 4.78 is 14.2. The molecule has 9 heteroatoms. The van der Waals surface area contributed by atoms with Crippen LogP contribution in [-0.4, -0.2) is 72.0 Å². The molecule has 4 rings (SSSR count). The third-order valence-corrected chi connectivity index (χ3v) is 7.67. The molecule has 2 fully saturated rings. The molecule has 35 heavy (non-hydrogen) atoms. The molecule has 0 spiro atoms. The number of amides is 1. The maximum Gasteiger partial charge on any atom is 0.252 e. The van der Waals surface area contributed by atoms with Gasteiger partial charge in [-0.1, -0.05) is 36.2 Å². The number of piperidine rings is 1. The Labute approximate surface area is 218 Å². The number of carbonyl (C=O) groups is 1. The van der Waals surface area contributed by atoms with Crippen LogP contribution in [0, 0.1) is 5.82 Å². The summed E-state index contributed by atoms with van der Waals surface area (Å²) in [5.41, 5.74) is 1.19. The monoisotopic (exact) mass is 523 g/mol. The number of pyridine rings is 1. The number of nitrogens with zero attached hydrogens (tertiary/aromatic N) is 4. The molecule has 0 unspecified atom stereocenters. The van der Waals surface area contributed by atoms with Crippen molar-refractivity contribution in [1.29, 1.82) is 0 Å². The Morgan fingerprint density at radius 1 is 1.17 bits per heavy atom. The fraction of sp³-hybridized carbons (Fsp3) is 0.538. The van der Waals surface area contributed by atoms with Crippen molar-refractivity contribution in [3.05, 3.63) is 57.5 Å². The first-order valence-electron chi connectivity index (χ1n) is 12.5. The second-order valence-corrected chi connectivity index (χ2v) is 10.2. The van der Waals surface area contributed by atoms with Gasteiger partial charge in [-0.15, -0.1) is 0 Å². The summed E-state index contributed by atoms with van der Waals surface area (Å²) in [6.07, 6.45) is 4.80. The number of hydrogen-bond acceptors (Lipinski definition) is 5. The predicted octanol–water partition coefficient (Wildman–Crippen LogP) is 5.09. The smallest absolute Gasteiger partial charge is 0.252 e. The van der Waals surface area contributed by atoms with E-state index in [0.29, 0.717) is 46.3 Å². The van der Waals surface area contributed by atoms with E-state index in [1.54, 1.807) is 24.4 Å². The van der Waals surface area contributed by atoms with Gasteiger partial charge in [0, 0.05) is 63.0 Å². The highest BCUT2D eigenvalue weighted by atomic mass is 35.5. The molecule has 2 saturated heterocycles. The Bertz CT molecular complexity index is 1040. The lowest BCUT2D eigenvalue weighted by Crippen LogP contribution is -2.58. The zero-order valence-corrected chi connectivity index (χ0v) is 22.0. The molecule has 1 aromatic heterocycles. The number of rotatable bonds is 7. The van der Waals surface area contributed by atoms with Crippen LogP contribution >= 0.6 is 23.2 Å². The average Bonchev–Trinajstić information content (AvgIpc) is 2.86. The molecule has 6 nitrogen and oxygen atoms in total. The molecule has 0 saturated carbocycles. The largest absolute Gasteiger partial charge is 0.353 e. The molecule has 2 aliphatic heterocycles. The van der Waals surface area contributed by atoms with Gasteiger partial charge in [-0.05, 0) is 57.5 Å². The zero-order chi connectivity index (χ0) is 24.9. The summed E-state index contributed by atoms with van der Waals surface area (Å²) in [6.45, 7) is 9.87. The molecular formula is C26H36Cl2FN5O. The van der Waals surface area contributed by atoms with Crippen molar-refractivity contribution < 1.29 is 10.6 Å². The van der Waals surface area contributed by atoms with Crippen LogP contribution in [0.3, 0.4) is 0 Å². The van der Waals surface area contributed by atoms with Crippen LogP contribution in [0.1, 0.15) is 50.5 Å². The number of likely N-dealkylation sites (tertiary alicyclic amines) is 1. The molecule has 192 valence electrons. The second-order valence-electron chi connectivity index (χ2n) is 9.38. The first-order chi connectivity index (χ1) is 16.9. The Morgan fingerprint density at radius 3 is 2.60 bits per heavy atom. The SMILES string of the molecule is CCNC(=O)c1cnc(N2CCN(C3CCN(Cc4ccc(Cl)cc4F)CC3)[C@@H](CC)C2)c(Cl)c1.[HH]. The third-order valence-electron chi connectivity index (χ3n) is 7.16. The molecule has 1 aromatic carbocycles. The van der Waals surface area contributed by atoms with Crippen molar-refractivity contribution in [1.82, 2.24) is 20.1 Å². The van der Waals surface area contributed by atoms with Crippen molar-refractivity contribution in [2.45, 2.75) is 51.7 Å². The standard InChI is InChI=1S/C26H34Cl2FN5O.H2/c1-3-21-17-33(25-23(28)13-19(15-31-25)26(35)30-4-2)11-12-34(21)22-7-9-32(10-8-22)16-18-5-6-20(27)14-24(18)29;/h5-6,13-15,21-22H,3-4,7-12,16-17H2,1-2H3,(H,30,35);1H/t21-;/m0./s1. The number of aromatic nitrogens is 1. The van der Waals surface area contributed by atoms with E-state index in [9.17, 15) is 9.18 Å². The van der Waals surface area contributed by atoms with Gasteiger partial charge >= 0.3 is 0 Å². The van der Waals surface area contributed by atoms with Gasteiger partial charge < -0.3 is 10.2 Å². The van der Waals surface area contributed by atoms with Crippen LogP contribution in [0.25, 0.3) is 0 Å². The van der Waals surface area contributed by atoms with Crippen molar-refractivity contribution in [2.75, 3.05) is 44.2 Å². The molecule has 3 heterocycles. The van der Waals surface area contributed by atoms with Gasteiger partial charge in [0.15, 0.2) is 0 Å². The van der Waals surface area contributed by atoms with Crippen LogP contribution in [-0.2, 0) is 6.54 Å². The zero-order valence-electron chi connectivity index (χ0n) is 20.4. The van der Waals surface area contributed by atoms with E-state index in [2.05, 4.69) is 31.9 Å². The summed E-state index contributed by atoms with van der Waals surface area (Å²) in [6, 6.07) is 7.59. The molecule has 1 atom stereocenters. The highest BCUT2D eigenvalue weighted by Crippen LogP contribution is 2.30. The van der Waals surface area contributed by atoms with Crippen molar-refractivity contribution in [2.24, 2.45) is 0 Å². The molecule has 1 N–H and O–H groups in total. The van der Waals surface area contributed by atoms with Gasteiger partial charge in [0.1, 0.15) is 11.6 Å². The highest BCUT2D eigenvalue weighted by Gasteiger charge is 2.34. The lowest BCUT2D eigenvalue weighted by atomic mass is 9.97. The Balaban J connectivity index is 0.00000361. The van der Waals surface area contributed by atoms with E-state index >= 15 is 0 Å². The third kappa shape index (κ3) is 6.26. The van der Waals surface area contributed by atoms with Gasteiger partial charge in [-0.3, -0.25) is 14.6 Å². The van der Waals surface area contributed by atoms with E-state index in [1.807, 2.05) is 6.92 Å². The Hall–Kier alpha value is -1.93. The Morgan fingerprint density at radius 2 is 1.94 bits per heavy atom. The fourth-order valence-corrected chi connectivity index (χ4v) is 5.70. The van der Waals surface area contributed by atoms with Crippen LogP contribution < -0.4 is 10.2 Å². The first kappa shape index (κ1) is 26.1. The van der Waals surface area contributed by atoms with Crippen molar-refractivity contribution >= 4 is 34.9 Å². The number of nitrogens with one attached hydrogen (secondary N) is 1. The minimum absolute atomic E-state index is 0. The van der Waals surface area contributed by atoms with Gasteiger partial charge in [-0.2, -0.15) is 0 Å². The summed E-state index contributed by atoms with van der Waals surface area (Å²) in [4.78, 5) is 23.9. The maximum atomic E-state index is 14.2.